The van der Waals surface area contributed by atoms with Crippen LogP contribution in [-0.2, 0) is 5.33 Å². The van der Waals surface area contributed by atoms with Gasteiger partial charge in [0.2, 0.25) is 0 Å². The number of para-hydroxylation sites is 1. The fourth-order valence-corrected chi connectivity index (χ4v) is 2.54. The molecule has 0 amide bonds. The molecule has 0 bridgehead atoms. The Kier molecular flexibility index (Phi) is 6.12. The summed E-state index contributed by atoms with van der Waals surface area (Å²) in [5.41, 5.74) is 2.57. The average Bonchev–Trinajstić information content (AvgIpc) is 2.35. The highest BCUT2D eigenvalue weighted by Crippen LogP contribution is 2.35. The van der Waals surface area contributed by atoms with E-state index in [0.29, 0.717) is 11.0 Å². The molecule has 0 aliphatic carbocycles. The van der Waals surface area contributed by atoms with Gasteiger partial charge in [-0.1, -0.05) is 74.9 Å². The van der Waals surface area contributed by atoms with Crippen molar-refractivity contribution in [3.63, 3.8) is 0 Å². The van der Waals surface area contributed by atoms with E-state index in [1.165, 1.54) is 11.1 Å². The summed E-state index contributed by atoms with van der Waals surface area (Å²) >= 11 is 3.57. The Balaban J connectivity index is 2.99. The van der Waals surface area contributed by atoms with Crippen molar-refractivity contribution >= 4 is 24.7 Å². The van der Waals surface area contributed by atoms with Gasteiger partial charge in [-0.3, -0.25) is 0 Å². The highest BCUT2D eigenvalue weighted by atomic mass is 79.9. The smallest absolute Gasteiger partial charge is 0.126 e. The van der Waals surface area contributed by atoms with Crippen molar-refractivity contribution in [2.24, 2.45) is 0 Å². The number of halogens is 1. The van der Waals surface area contributed by atoms with Crippen LogP contribution in [-0.4, -0.2) is 15.4 Å². The minimum Gasteiger partial charge on any atom is -0.493 e. The first-order valence-corrected chi connectivity index (χ1v) is 10.5. The van der Waals surface area contributed by atoms with Crippen molar-refractivity contribution in [3.05, 3.63) is 29.3 Å². The summed E-state index contributed by atoms with van der Waals surface area (Å²) in [6.07, 6.45) is 0. The van der Waals surface area contributed by atoms with Gasteiger partial charge in [0, 0.05) is 10.9 Å². The molecule has 0 fully saturated rings. The van der Waals surface area contributed by atoms with Crippen LogP contribution in [0.15, 0.2) is 18.2 Å². The van der Waals surface area contributed by atoms with Crippen molar-refractivity contribution in [2.45, 2.75) is 57.1 Å². The number of ether oxygens (including phenoxy) is 1. The highest BCUT2D eigenvalue weighted by Gasteiger charge is 2.25. The average molecular weight is 342 g/mol. The zero-order valence-electron chi connectivity index (χ0n) is 13.0. The van der Waals surface area contributed by atoms with Crippen LogP contribution >= 0.6 is 15.9 Å². The third kappa shape index (κ3) is 4.35. The normalized spacial score (nSPS) is 12.3. The summed E-state index contributed by atoms with van der Waals surface area (Å²) in [5.74, 6) is 1.58. The van der Waals surface area contributed by atoms with Crippen LogP contribution in [0.1, 0.15) is 44.7 Å². The first kappa shape index (κ1) is 16.8. The summed E-state index contributed by atoms with van der Waals surface area (Å²) in [4.78, 5) is 0. The van der Waals surface area contributed by atoms with Gasteiger partial charge in [0.15, 0.2) is 0 Å². The molecule has 3 heteroatoms. The first-order chi connectivity index (χ1) is 8.79. The number of hydrogen-bond acceptors (Lipinski definition) is 1. The number of rotatable bonds is 6. The van der Waals surface area contributed by atoms with Crippen molar-refractivity contribution in [2.75, 3.05) is 6.61 Å². The lowest BCUT2D eigenvalue weighted by Gasteiger charge is -2.29. The molecule has 1 rings (SSSR count). The lowest BCUT2D eigenvalue weighted by atomic mass is 9.99. The Morgan fingerprint density at radius 3 is 2.37 bits per heavy atom. The van der Waals surface area contributed by atoms with Gasteiger partial charge in [0.1, 0.15) is 5.75 Å². The van der Waals surface area contributed by atoms with Crippen molar-refractivity contribution < 1.29 is 4.74 Å². The fraction of sp³-hybridized carbons (Fsp3) is 0.625. The van der Waals surface area contributed by atoms with Gasteiger partial charge < -0.3 is 4.74 Å². The van der Waals surface area contributed by atoms with Gasteiger partial charge in [0.25, 0.3) is 0 Å². The second-order valence-corrected chi connectivity index (χ2v) is 10.2. The number of alkyl halides is 1. The van der Waals surface area contributed by atoms with Gasteiger partial charge in [-0.25, -0.2) is 0 Å². The predicted molar refractivity (Wildman–Crippen MR) is 90.2 cm³/mol. The standard InChI is InChI=1S/C16H26BrOSi/c1-12(2)14-9-7-8-13(10-17)15(14)18-11-16(3,4)19(5)6/h7-9,12H,10-11H2,1-6H3. The van der Waals surface area contributed by atoms with Crippen LogP contribution in [0.25, 0.3) is 0 Å². The molecule has 1 nitrogen and oxygen atoms in total. The van der Waals surface area contributed by atoms with Crippen LogP contribution in [0.2, 0.25) is 18.1 Å². The SMILES string of the molecule is CC(C)c1cccc(CBr)c1OCC(C)(C)[Si](C)C. The molecule has 0 aliphatic rings. The van der Waals surface area contributed by atoms with Gasteiger partial charge in [-0.15, -0.1) is 0 Å². The van der Waals surface area contributed by atoms with E-state index in [1.807, 2.05) is 0 Å². The van der Waals surface area contributed by atoms with E-state index >= 15 is 0 Å². The zero-order valence-corrected chi connectivity index (χ0v) is 15.6. The van der Waals surface area contributed by atoms with Crippen LogP contribution in [0.5, 0.6) is 5.75 Å². The molecule has 0 atom stereocenters. The molecule has 0 N–H and O–H groups in total. The maximum Gasteiger partial charge on any atom is 0.126 e. The Hall–Kier alpha value is -0.283. The number of hydrogen-bond donors (Lipinski definition) is 0. The number of benzene rings is 1. The van der Waals surface area contributed by atoms with Crippen LogP contribution in [0, 0.1) is 0 Å². The third-order valence-electron chi connectivity index (χ3n) is 3.82. The molecular formula is C16H26BrOSi. The van der Waals surface area contributed by atoms with Crippen molar-refractivity contribution in [1.29, 1.82) is 0 Å². The van der Waals surface area contributed by atoms with Crippen LogP contribution < -0.4 is 4.74 Å². The van der Waals surface area contributed by atoms with Crippen molar-refractivity contribution in [1.82, 2.24) is 0 Å². The molecule has 0 aromatic heterocycles. The summed E-state index contributed by atoms with van der Waals surface area (Å²) in [6.45, 7) is 14.6. The maximum atomic E-state index is 6.24. The molecule has 0 unspecified atom stereocenters. The summed E-state index contributed by atoms with van der Waals surface area (Å²) in [7, 11) is -0.369. The molecule has 107 valence electrons. The molecule has 1 radical (unpaired) electrons. The zero-order chi connectivity index (χ0) is 14.6. The highest BCUT2D eigenvalue weighted by molar-refractivity contribution is 9.08. The second-order valence-electron chi connectivity index (χ2n) is 6.30. The quantitative estimate of drug-likeness (QED) is 0.482. The van der Waals surface area contributed by atoms with E-state index < -0.39 is 0 Å². The second kappa shape index (κ2) is 6.94. The van der Waals surface area contributed by atoms with Gasteiger partial charge in [0.05, 0.1) is 15.4 Å². The van der Waals surface area contributed by atoms with Gasteiger partial charge >= 0.3 is 0 Å². The molecule has 1 aromatic rings. The molecule has 19 heavy (non-hydrogen) atoms. The lowest BCUT2D eigenvalue weighted by molar-refractivity contribution is 0.271. The largest absolute Gasteiger partial charge is 0.493 e. The molecule has 0 aliphatic heterocycles. The van der Waals surface area contributed by atoms with E-state index in [1.54, 1.807) is 0 Å². The van der Waals surface area contributed by atoms with Crippen LogP contribution in [0.4, 0.5) is 0 Å². The molecule has 0 saturated heterocycles. The van der Waals surface area contributed by atoms with Crippen molar-refractivity contribution in [3.8, 4) is 5.75 Å². The van der Waals surface area contributed by atoms with E-state index in [4.69, 9.17) is 4.74 Å². The third-order valence-corrected chi connectivity index (χ3v) is 7.28. The molecule has 0 heterocycles. The Labute approximate surface area is 128 Å². The first-order valence-electron chi connectivity index (χ1n) is 6.90. The Bertz CT molecular complexity index is 413. The van der Waals surface area contributed by atoms with E-state index in [9.17, 15) is 0 Å². The van der Waals surface area contributed by atoms with E-state index in [-0.39, 0.29) is 8.80 Å². The van der Waals surface area contributed by atoms with E-state index in [2.05, 4.69) is 74.9 Å². The van der Waals surface area contributed by atoms with Crippen LogP contribution in [0.3, 0.4) is 0 Å². The monoisotopic (exact) mass is 341 g/mol. The molecule has 1 aromatic carbocycles. The molecular weight excluding hydrogens is 316 g/mol. The molecule has 0 spiro atoms. The Morgan fingerprint density at radius 1 is 1.26 bits per heavy atom. The predicted octanol–water partition coefficient (Wildman–Crippen LogP) is 5.62. The minimum atomic E-state index is -0.369. The summed E-state index contributed by atoms with van der Waals surface area (Å²) in [5, 5.41) is 1.14. The van der Waals surface area contributed by atoms with Gasteiger partial charge in [-0.05, 0) is 16.5 Å². The molecule has 0 saturated carbocycles. The summed E-state index contributed by atoms with van der Waals surface area (Å²) < 4.78 is 6.24. The summed E-state index contributed by atoms with van der Waals surface area (Å²) in [6, 6.07) is 6.45. The van der Waals surface area contributed by atoms with Gasteiger partial charge in [-0.2, -0.15) is 0 Å². The van der Waals surface area contributed by atoms with E-state index in [0.717, 1.165) is 17.7 Å². The lowest BCUT2D eigenvalue weighted by Crippen LogP contribution is -2.28. The minimum absolute atomic E-state index is 0.290. The topological polar surface area (TPSA) is 9.23 Å². The maximum absolute atomic E-state index is 6.24. The Morgan fingerprint density at radius 2 is 1.89 bits per heavy atom. The fourth-order valence-electron chi connectivity index (χ4n) is 1.74.